The Labute approximate surface area is 123 Å². The number of nitrogens with one attached hydrogen (secondary N) is 1. The zero-order valence-corrected chi connectivity index (χ0v) is 13.4. The largest absolute Gasteiger partial charge is 0.314 e. The highest BCUT2D eigenvalue weighted by molar-refractivity contribution is 9.10. The molecule has 0 saturated carbocycles. The summed E-state index contributed by atoms with van der Waals surface area (Å²) in [6.07, 6.45) is 2.02. The molecule has 19 heavy (non-hydrogen) atoms. The van der Waals surface area contributed by atoms with Gasteiger partial charge in [-0.3, -0.25) is 0 Å². The van der Waals surface area contributed by atoms with Crippen molar-refractivity contribution >= 4 is 25.8 Å². The van der Waals surface area contributed by atoms with Gasteiger partial charge in [0, 0.05) is 43.5 Å². The third-order valence-electron chi connectivity index (χ3n) is 3.36. The van der Waals surface area contributed by atoms with Gasteiger partial charge < -0.3 is 10.2 Å². The van der Waals surface area contributed by atoms with Gasteiger partial charge in [-0.2, -0.15) is 0 Å². The molecular formula is C13H19BrN2O2S. The molecular weight excluding hydrogens is 328 g/mol. The van der Waals surface area contributed by atoms with Gasteiger partial charge in [0.25, 0.3) is 0 Å². The third kappa shape index (κ3) is 4.02. The van der Waals surface area contributed by atoms with Crippen LogP contribution in [0.25, 0.3) is 0 Å². The molecule has 1 aliphatic rings. The highest BCUT2D eigenvalue weighted by atomic mass is 79.9. The molecule has 0 aromatic heterocycles. The van der Waals surface area contributed by atoms with E-state index in [2.05, 4.69) is 26.1 Å². The Morgan fingerprint density at radius 1 is 1.32 bits per heavy atom. The summed E-state index contributed by atoms with van der Waals surface area (Å²) in [7, 11) is -3.17. The highest BCUT2D eigenvalue weighted by Crippen LogP contribution is 2.25. The lowest BCUT2D eigenvalue weighted by atomic mass is 10.1. The van der Waals surface area contributed by atoms with Crippen LogP contribution in [-0.4, -0.2) is 52.3 Å². The first-order valence-corrected chi connectivity index (χ1v) is 9.07. The number of nitrogens with zero attached hydrogens (tertiary/aromatic N) is 1. The van der Waals surface area contributed by atoms with E-state index in [1.165, 1.54) is 6.26 Å². The van der Waals surface area contributed by atoms with Crippen LogP contribution in [0.1, 0.15) is 5.56 Å². The van der Waals surface area contributed by atoms with Crippen molar-refractivity contribution in [2.24, 2.45) is 0 Å². The molecule has 1 heterocycles. The average Bonchev–Trinajstić information content (AvgIpc) is 2.37. The van der Waals surface area contributed by atoms with E-state index in [-0.39, 0.29) is 0 Å². The van der Waals surface area contributed by atoms with Crippen LogP contribution in [-0.2, 0) is 16.3 Å². The molecule has 1 aromatic rings. The maximum atomic E-state index is 11.8. The molecule has 4 nitrogen and oxygen atoms in total. The predicted octanol–water partition coefficient (Wildman–Crippen LogP) is 1.30. The van der Waals surface area contributed by atoms with Crippen molar-refractivity contribution in [3.05, 3.63) is 28.2 Å². The highest BCUT2D eigenvalue weighted by Gasteiger charge is 2.17. The summed E-state index contributed by atoms with van der Waals surface area (Å²) in [6.45, 7) is 4.97. The summed E-state index contributed by atoms with van der Waals surface area (Å²) >= 11 is 3.47. The number of piperazine rings is 1. The fourth-order valence-electron chi connectivity index (χ4n) is 2.33. The van der Waals surface area contributed by atoms with E-state index in [0.717, 1.165) is 49.2 Å². The molecule has 0 radical (unpaired) electrons. The van der Waals surface area contributed by atoms with Crippen molar-refractivity contribution < 1.29 is 8.42 Å². The van der Waals surface area contributed by atoms with Gasteiger partial charge in [0.1, 0.15) is 0 Å². The molecule has 2 rings (SSSR count). The molecule has 1 fully saturated rings. The summed E-state index contributed by atoms with van der Waals surface area (Å²) in [6, 6.07) is 5.36. The van der Waals surface area contributed by atoms with E-state index in [1.807, 2.05) is 6.07 Å². The first-order valence-electron chi connectivity index (χ1n) is 6.39. The van der Waals surface area contributed by atoms with Crippen molar-refractivity contribution in [1.82, 2.24) is 10.2 Å². The molecule has 106 valence electrons. The quantitative estimate of drug-likeness (QED) is 0.892. The van der Waals surface area contributed by atoms with Gasteiger partial charge in [0.2, 0.25) is 0 Å². The van der Waals surface area contributed by atoms with Crippen molar-refractivity contribution in [2.75, 3.05) is 39.0 Å². The Balaban J connectivity index is 2.15. The Morgan fingerprint density at radius 2 is 2.00 bits per heavy atom. The van der Waals surface area contributed by atoms with Gasteiger partial charge in [0.05, 0.1) is 4.90 Å². The number of benzene rings is 1. The SMILES string of the molecule is CS(=O)(=O)c1cccc(Br)c1CCN1CCNCC1. The van der Waals surface area contributed by atoms with Crippen molar-refractivity contribution in [3.63, 3.8) is 0 Å². The average molecular weight is 347 g/mol. The van der Waals surface area contributed by atoms with E-state index >= 15 is 0 Å². The van der Waals surface area contributed by atoms with Crippen LogP contribution in [0.3, 0.4) is 0 Å². The minimum absolute atomic E-state index is 0.442. The first-order chi connectivity index (χ1) is 8.98. The summed E-state index contributed by atoms with van der Waals surface area (Å²) in [5, 5.41) is 3.31. The second-order valence-corrected chi connectivity index (χ2v) is 7.67. The van der Waals surface area contributed by atoms with Crippen LogP contribution in [0.2, 0.25) is 0 Å². The van der Waals surface area contributed by atoms with E-state index in [9.17, 15) is 8.42 Å². The topological polar surface area (TPSA) is 49.4 Å². The van der Waals surface area contributed by atoms with Crippen LogP contribution >= 0.6 is 15.9 Å². The zero-order chi connectivity index (χ0) is 13.9. The molecule has 1 N–H and O–H groups in total. The van der Waals surface area contributed by atoms with Gasteiger partial charge >= 0.3 is 0 Å². The predicted molar refractivity (Wildman–Crippen MR) is 80.3 cm³/mol. The Morgan fingerprint density at radius 3 is 2.63 bits per heavy atom. The lowest BCUT2D eigenvalue weighted by molar-refractivity contribution is 0.243. The van der Waals surface area contributed by atoms with Gasteiger partial charge in [-0.05, 0) is 24.1 Å². The fraction of sp³-hybridized carbons (Fsp3) is 0.538. The lowest BCUT2D eigenvalue weighted by Gasteiger charge is -2.27. The molecule has 1 aliphatic heterocycles. The van der Waals surface area contributed by atoms with Gasteiger partial charge in [-0.25, -0.2) is 8.42 Å². The van der Waals surface area contributed by atoms with E-state index in [4.69, 9.17) is 0 Å². The molecule has 0 bridgehead atoms. The molecule has 0 atom stereocenters. The van der Waals surface area contributed by atoms with E-state index in [0.29, 0.717) is 4.90 Å². The monoisotopic (exact) mass is 346 g/mol. The third-order valence-corrected chi connectivity index (χ3v) is 5.29. The Kier molecular flexibility index (Phi) is 5.00. The molecule has 0 unspecified atom stereocenters. The number of sulfone groups is 1. The van der Waals surface area contributed by atoms with E-state index < -0.39 is 9.84 Å². The fourth-order valence-corrected chi connectivity index (χ4v) is 4.01. The minimum atomic E-state index is -3.17. The standard InChI is InChI=1S/C13H19BrN2O2S/c1-19(17,18)13-4-2-3-12(14)11(13)5-8-16-9-6-15-7-10-16/h2-4,15H,5-10H2,1H3. The summed E-state index contributed by atoms with van der Waals surface area (Å²) in [5.41, 5.74) is 0.892. The normalized spacial score (nSPS) is 17.6. The summed E-state index contributed by atoms with van der Waals surface area (Å²) < 4.78 is 24.5. The zero-order valence-electron chi connectivity index (χ0n) is 11.0. The lowest BCUT2D eigenvalue weighted by Crippen LogP contribution is -2.44. The van der Waals surface area contributed by atoms with Crippen molar-refractivity contribution in [2.45, 2.75) is 11.3 Å². The maximum absolute atomic E-state index is 11.8. The number of hydrogen-bond acceptors (Lipinski definition) is 4. The van der Waals surface area contributed by atoms with Gasteiger partial charge in [-0.15, -0.1) is 0 Å². The van der Waals surface area contributed by atoms with Gasteiger partial charge in [0.15, 0.2) is 9.84 Å². The maximum Gasteiger partial charge on any atom is 0.175 e. The molecule has 0 aliphatic carbocycles. The van der Waals surface area contributed by atoms with Crippen LogP contribution in [0, 0.1) is 0 Å². The van der Waals surface area contributed by atoms with Crippen LogP contribution in [0.5, 0.6) is 0 Å². The van der Waals surface area contributed by atoms with E-state index in [1.54, 1.807) is 12.1 Å². The Bertz CT molecular complexity index is 540. The summed E-state index contributed by atoms with van der Waals surface area (Å²) in [5.74, 6) is 0. The molecule has 1 saturated heterocycles. The minimum Gasteiger partial charge on any atom is -0.314 e. The number of rotatable bonds is 4. The second kappa shape index (κ2) is 6.35. The number of hydrogen-bond donors (Lipinski definition) is 1. The van der Waals surface area contributed by atoms with Gasteiger partial charge in [-0.1, -0.05) is 22.0 Å². The smallest absolute Gasteiger partial charge is 0.175 e. The number of halogens is 1. The molecule has 6 heteroatoms. The Hall–Kier alpha value is -0.430. The molecule has 1 aromatic carbocycles. The van der Waals surface area contributed by atoms with Crippen LogP contribution < -0.4 is 5.32 Å². The van der Waals surface area contributed by atoms with Crippen LogP contribution in [0.15, 0.2) is 27.6 Å². The second-order valence-electron chi connectivity index (χ2n) is 4.83. The molecule has 0 amide bonds. The van der Waals surface area contributed by atoms with Crippen molar-refractivity contribution in [3.8, 4) is 0 Å². The van der Waals surface area contributed by atoms with Crippen LogP contribution in [0.4, 0.5) is 0 Å². The van der Waals surface area contributed by atoms with Crippen molar-refractivity contribution in [1.29, 1.82) is 0 Å². The summed E-state index contributed by atoms with van der Waals surface area (Å²) in [4.78, 5) is 2.80. The molecule has 0 spiro atoms. The first kappa shape index (κ1) is 15.0.